The molecule has 0 aromatic carbocycles. The minimum Gasteiger partial charge on any atom is -0.0810 e. The standard InChI is InChI=1S/C11H16/c1-4-5-6-9(2)11-8-7-10(11)3/h6-8H,4-5H2,1-3H3. The summed E-state index contributed by atoms with van der Waals surface area (Å²) in [4.78, 5) is 0. The Morgan fingerprint density at radius 3 is 2.55 bits per heavy atom. The minimum absolute atomic E-state index is 1.20. The lowest BCUT2D eigenvalue weighted by atomic mass is 9.93. The molecule has 0 heteroatoms. The Morgan fingerprint density at radius 2 is 2.18 bits per heavy atom. The molecule has 0 heterocycles. The Hall–Kier alpha value is -0.780. The molecule has 0 bridgehead atoms. The highest BCUT2D eigenvalue weighted by molar-refractivity contribution is 5.53. The first-order valence-electron chi connectivity index (χ1n) is 4.31. The summed E-state index contributed by atoms with van der Waals surface area (Å²) in [7, 11) is 0. The van der Waals surface area contributed by atoms with E-state index in [9.17, 15) is 0 Å². The van der Waals surface area contributed by atoms with Crippen LogP contribution in [0.3, 0.4) is 0 Å². The first-order chi connectivity index (χ1) is 5.25. The van der Waals surface area contributed by atoms with Crippen molar-refractivity contribution in [1.82, 2.24) is 0 Å². The summed E-state index contributed by atoms with van der Waals surface area (Å²) >= 11 is 0. The molecule has 60 valence electrons. The van der Waals surface area contributed by atoms with E-state index in [4.69, 9.17) is 0 Å². The van der Waals surface area contributed by atoms with Crippen molar-refractivity contribution in [2.45, 2.75) is 33.6 Å². The van der Waals surface area contributed by atoms with Gasteiger partial charge in [0, 0.05) is 0 Å². The Labute approximate surface area is 69.3 Å². The molecule has 0 N–H and O–H groups in total. The van der Waals surface area contributed by atoms with Gasteiger partial charge in [-0.25, -0.2) is 0 Å². The van der Waals surface area contributed by atoms with E-state index in [1.165, 1.54) is 29.6 Å². The molecule has 0 fully saturated rings. The summed E-state index contributed by atoms with van der Waals surface area (Å²) in [5.41, 5.74) is 4.31. The highest BCUT2D eigenvalue weighted by Crippen LogP contribution is 2.25. The molecule has 0 spiro atoms. The van der Waals surface area contributed by atoms with E-state index >= 15 is 0 Å². The van der Waals surface area contributed by atoms with Crippen molar-refractivity contribution in [2.24, 2.45) is 0 Å². The number of hydrogen-bond acceptors (Lipinski definition) is 0. The van der Waals surface area contributed by atoms with Gasteiger partial charge in [0.05, 0.1) is 0 Å². The zero-order chi connectivity index (χ0) is 8.27. The zero-order valence-electron chi connectivity index (χ0n) is 7.65. The van der Waals surface area contributed by atoms with Gasteiger partial charge in [-0.3, -0.25) is 0 Å². The van der Waals surface area contributed by atoms with E-state index in [1.807, 2.05) is 0 Å². The van der Waals surface area contributed by atoms with Crippen LogP contribution in [0, 0.1) is 0 Å². The molecule has 1 aliphatic rings. The van der Waals surface area contributed by atoms with Crippen LogP contribution in [0.4, 0.5) is 0 Å². The van der Waals surface area contributed by atoms with Gasteiger partial charge in [-0.15, -0.1) is 0 Å². The third-order valence-electron chi connectivity index (χ3n) is 2.09. The zero-order valence-corrected chi connectivity index (χ0v) is 7.65. The lowest BCUT2D eigenvalue weighted by Crippen LogP contribution is -1.93. The van der Waals surface area contributed by atoms with Crippen molar-refractivity contribution >= 4 is 0 Å². The van der Waals surface area contributed by atoms with Crippen LogP contribution in [0.5, 0.6) is 0 Å². The monoisotopic (exact) mass is 148 g/mol. The highest BCUT2D eigenvalue weighted by Gasteiger charge is 2.05. The maximum absolute atomic E-state index is 2.32. The largest absolute Gasteiger partial charge is 0.0810 e. The maximum Gasteiger partial charge on any atom is -0.0201 e. The molecule has 0 saturated heterocycles. The summed E-state index contributed by atoms with van der Waals surface area (Å²) in [6.45, 7) is 6.57. The van der Waals surface area contributed by atoms with Gasteiger partial charge < -0.3 is 0 Å². The average molecular weight is 148 g/mol. The van der Waals surface area contributed by atoms with E-state index in [1.54, 1.807) is 0 Å². The van der Waals surface area contributed by atoms with Gasteiger partial charge in [0.1, 0.15) is 0 Å². The van der Waals surface area contributed by atoms with Crippen LogP contribution in [-0.4, -0.2) is 0 Å². The van der Waals surface area contributed by atoms with E-state index in [0.29, 0.717) is 0 Å². The Morgan fingerprint density at radius 1 is 1.45 bits per heavy atom. The Kier molecular flexibility index (Phi) is 2.70. The van der Waals surface area contributed by atoms with Crippen molar-refractivity contribution in [3.05, 3.63) is 34.9 Å². The quantitative estimate of drug-likeness (QED) is 0.573. The van der Waals surface area contributed by atoms with Gasteiger partial charge in [-0.05, 0) is 37.0 Å². The second-order valence-electron chi connectivity index (χ2n) is 3.11. The van der Waals surface area contributed by atoms with Crippen molar-refractivity contribution < 1.29 is 0 Å². The smallest absolute Gasteiger partial charge is 0.0201 e. The molecule has 0 unspecified atom stereocenters. The fourth-order valence-electron chi connectivity index (χ4n) is 1.25. The summed E-state index contributed by atoms with van der Waals surface area (Å²) in [6.07, 6.45) is 9.13. The van der Waals surface area contributed by atoms with E-state index < -0.39 is 0 Å². The highest BCUT2D eigenvalue weighted by atomic mass is 14.1. The first kappa shape index (κ1) is 8.32. The summed E-state index contributed by atoms with van der Waals surface area (Å²) in [6, 6.07) is 0. The SMILES string of the molecule is CCCC=C(C)C1=C(C)C=C1. The summed E-state index contributed by atoms with van der Waals surface area (Å²) < 4.78 is 0. The average Bonchev–Trinajstić information content (AvgIpc) is 1.98. The molecule has 0 radical (unpaired) electrons. The van der Waals surface area contributed by atoms with Gasteiger partial charge in [-0.2, -0.15) is 0 Å². The molecule has 1 aliphatic carbocycles. The van der Waals surface area contributed by atoms with Gasteiger partial charge in [0.15, 0.2) is 0 Å². The van der Waals surface area contributed by atoms with Crippen LogP contribution >= 0.6 is 0 Å². The van der Waals surface area contributed by atoms with Gasteiger partial charge in [0.2, 0.25) is 0 Å². The molecular formula is C11H16. The second-order valence-corrected chi connectivity index (χ2v) is 3.11. The van der Waals surface area contributed by atoms with Crippen LogP contribution < -0.4 is 0 Å². The van der Waals surface area contributed by atoms with Crippen LogP contribution in [0.15, 0.2) is 34.9 Å². The second kappa shape index (κ2) is 3.56. The number of unbranched alkanes of at least 4 members (excludes halogenated alkanes) is 1. The van der Waals surface area contributed by atoms with Gasteiger partial charge in [0.25, 0.3) is 0 Å². The maximum atomic E-state index is 2.32. The molecule has 11 heavy (non-hydrogen) atoms. The lowest BCUT2D eigenvalue weighted by molar-refractivity contribution is 0.949. The number of allylic oxidation sites excluding steroid dienone is 6. The lowest BCUT2D eigenvalue weighted by Gasteiger charge is -2.13. The van der Waals surface area contributed by atoms with E-state index in [2.05, 4.69) is 39.0 Å². The van der Waals surface area contributed by atoms with E-state index in [0.717, 1.165) is 0 Å². The minimum atomic E-state index is 1.20. The molecule has 0 aliphatic heterocycles. The fraction of sp³-hybridized carbons (Fsp3) is 0.455. The summed E-state index contributed by atoms with van der Waals surface area (Å²) in [5.74, 6) is 0. The van der Waals surface area contributed by atoms with E-state index in [-0.39, 0.29) is 0 Å². The third kappa shape index (κ3) is 1.83. The molecular weight excluding hydrogens is 132 g/mol. The van der Waals surface area contributed by atoms with Crippen LogP contribution in [0.2, 0.25) is 0 Å². The summed E-state index contributed by atoms with van der Waals surface area (Å²) in [5, 5.41) is 0. The topological polar surface area (TPSA) is 0 Å². The first-order valence-corrected chi connectivity index (χ1v) is 4.31. The molecule has 0 atom stereocenters. The van der Waals surface area contributed by atoms with Crippen LogP contribution in [-0.2, 0) is 0 Å². The van der Waals surface area contributed by atoms with Crippen molar-refractivity contribution in [3.8, 4) is 0 Å². The Balaban J connectivity index is 2.55. The van der Waals surface area contributed by atoms with Crippen molar-refractivity contribution in [1.29, 1.82) is 0 Å². The number of hydrogen-bond donors (Lipinski definition) is 0. The van der Waals surface area contributed by atoms with Crippen molar-refractivity contribution in [3.63, 3.8) is 0 Å². The fourth-order valence-corrected chi connectivity index (χ4v) is 1.25. The molecule has 0 nitrogen and oxygen atoms in total. The molecule has 0 amide bonds. The third-order valence-corrected chi connectivity index (χ3v) is 2.09. The predicted octanol–water partition coefficient (Wildman–Crippen LogP) is 3.62. The molecule has 0 aromatic heterocycles. The molecule has 0 saturated carbocycles. The van der Waals surface area contributed by atoms with Crippen LogP contribution in [0.1, 0.15) is 33.6 Å². The number of rotatable bonds is 3. The van der Waals surface area contributed by atoms with Gasteiger partial charge >= 0.3 is 0 Å². The van der Waals surface area contributed by atoms with Crippen molar-refractivity contribution in [2.75, 3.05) is 0 Å². The van der Waals surface area contributed by atoms with Gasteiger partial charge in [-0.1, -0.05) is 31.6 Å². The predicted molar refractivity (Wildman–Crippen MR) is 50.5 cm³/mol. The Bertz CT molecular complexity index is 226. The molecule has 0 aromatic rings. The van der Waals surface area contributed by atoms with Crippen LogP contribution in [0.25, 0.3) is 0 Å². The normalized spacial score (nSPS) is 17.2. The molecule has 1 rings (SSSR count).